The first-order valence-corrected chi connectivity index (χ1v) is 11.1. The third kappa shape index (κ3) is 6.79. The van der Waals surface area contributed by atoms with E-state index in [4.69, 9.17) is 18.9 Å². The Labute approximate surface area is 213 Å². The molecule has 0 saturated carbocycles. The second-order valence-electron chi connectivity index (χ2n) is 7.68. The van der Waals surface area contributed by atoms with E-state index in [1.807, 2.05) is 0 Å². The van der Waals surface area contributed by atoms with Gasteiger partial charge in [0.1, 0.15) is 23.9 Å². The van der Waals surface area contributed by atoms with Gasteiger partial charge in [-0.05, 0) is 36.4 Å². The van der Waals surface area contributed by atoms with Gasteiger partial charge in [0.25, 0.3) is 5.41 Å². The Kier molecular flexibility index (Phi) is 9.10. The molecule has 37 heavy (non-hydrogen) atoms. The molecule has 0 saturated heterocycles. The quantitative estimate of drug-likeness (QED) is 0.125. The van der Waals surface area contributed by atoms with Crippen molar-refractivity contribution in [3.05, 3.63) is 116 Å². The summed E-state index contributed by atoms with van der Waals surface area (Å²) in [5.74, 6) is -4.59. The molecule has 0 spiro atoms. The van der Waals surface area contributed by atoms with E-state index < -0.39 is 35.7 Å². The van der Waals surface area contributed by atoms with Gasteiger partial charge in [-0.3, -0.25) is 4.79 Å². The summed E-state index contributed by atoms with van der Waals surface area (Å²) in [5, 5.41) is 0. The van der Waals surface area contributed by atoms with Gasteiger partial charge in [-0.2, -0.15) is 0 Å². The summed E-state index contributed by atoms with van der Waals surface area (Å²) in [6.45, 7) is 6.81. The van der Waals surface area contributed by atoms with Crippen LogP contribution in [0.4, 0.5) is 0 Å². The van der Waals surface area contributed by atoms with Crippen molar-refractivity contribution < 1.29 is 38.1 Å². The Hall–Kier alpha value is -4.98. The van der Waals surface area contributed by atoms with Crippen LogP contribution in [0.2, 0.25) is 0 Å². The molecule has 0 bridgehead atoms. The molecule has 0 aromatic heterocycles. The summed E-state index contributed by atoms with van der Waals surface area (Å²) >= 11 is 0. The van der Waals surface area contributed by atoms with Gasteiger partial charge >= 0.3 is 23.9 Å². The monoisotopic (exact) mass is 500 g/mol. The maximum atomic E-state index is 13.5. The number of carbonyl (C=O) groups excluding carboxylic acids is 4. The van der Waals surface area contributed by atoms with Crippen LogP contribution >= 0.6 is 0 Å². The van der Waals surface area contributed by atoms with Gasteiger partial charge in [-0.25, -0.2) is 14.4 Å². The van der Waals surface area contributed by atoms with E-state index in [-0.39, 0.29) is 29.4 Å². The molecule has 3 aromatic carbocycles. The highest BCUT2D eigenvalue weighted by Gasteiger charge is 2.59. The number of ether oxygens (including phenoxy) is 4. The predicted octanol–water partition coefficient (Wildman–Crippen LogP) is 4.47. The molecule has 0 N–H and O–H groups in total. The molecule has 0 radical (unpaired) electrons. The topological polar surface area (TPSA) is 105 Å². The van der Waals surface area contributed by atoms with Crippen molar-refractivity contribution >= 4 is 23.9 Å². The molecule has 0 atom stereocenters. The van der Waals surface area contributed by atoms with Gasteiger partial charge in [-0.15, -0.1) is 0 Å². The zero-order chi connectivity index (χ0) is 26.7. The minimum absolute atomic E-state index is 0.0541. The molecule has 0 aliphatic heterocycles. The fraction of sp³-hybridized carbons (Fsp3) is 0.103. The van der Waals surface area contributed by atoms with Crippen LogP contribution in [0.5, 0.6) is 17.2 Å². The lowest BCUT2D eigenvalue weighted by Gasteiger charge is -2.27. The normalized spacial score (nSPS) is 10.5. The van der Waals surface area contributed by atoms with Crippen molar-refractivity contribution in [2.45, 2.75) is 6.42 Å². The van der Waals surface area contributed by atoms with E-state index >= 15 is 0 Å². The van der Waals surface area contributed by atoms with Crippen LogP contribution in [0.15, 0.2) is 116 Å². The van der Waals surface area contributed by atoms with E-state index in [0.29, 0.717) is 0 Å². The Bertz CT molecular complexity index is 1210. The number of carbonyl (C=O) groups is 4. The number of benzene rings is 3. The van der Waals surface area contributed by atoms with Crippen LogP contribution in [-0.2, 0) is 23.9 Å². The van der Waals surface area contributed by atoms with E-state index in [0.717, 1.165) is 0 Å². The van der Waals surface area contributed by atoms with Crippen molar-refractivity contribution in [3.63, 3.8) is 0 Å². The summed E-state index contributed by atoms with van der Waals surface area (Å²) < 4.78 is 21.1. The number of hydrogen-bond donors (Lipinski definition) is 0. The molecule has 0 unspecified atom stereocenters. The zero-order valence-corrected chi connectivity index (χ0v) is 19.8. The Morgan fingerprint density at radius 3 is 1.46 bits per heavy atom. The highest BCUT2D eigenvalue weighted by molar-refractivity contribution is 6.19. The van der Waals surface area contributed by atoms with Crippen LogP contribution in [-0.4, -0.2) is 30.5 Å². The molecule has 0 aliphatic carbocycles. The van der Waals surface area contributed by atoms with Crippen molar-refractivity contribution in [1.29, 1.82) is 0 Å². The second kappa shape index (κ2) is 12.6. The predicted molar refractivity (Wildman–Crippen MR) is 134 cm³/mol. The molecule has 3 rings (SSSR count). The summed E-state index contributed by atoms with van der Waals surface area (Å²) in [7, 11) is 0. The standard InChI is InChI=1S/C29H24O8/c1-3-19-34-26(31)29(27(32)36-23-15-9-5-10-16-23,28(33)37-24-17-11-6-12-18-24)20-21(2)25(30)35-22-13-7-4-8-14-22/h3-18H,1-2,19-20H2. The Balaban J connectivity index is 2.01. The first kappa shape index (κ1) is 26.6. The average Bonchev–Trinajstić information content (AvgIpc) is 2.91. The first-order chi connectivity index (χ1) is 17.9. The van der Waals surface area contributed by atoms with E-state index in [1.54, 1.807) is 54.6 Å². The highest BCUT2D eigenvalue weighted by Crippen LogP contribution is 2.34. The minimum atomic E-state index is -2.75. The molecule has 188 valence electrons. The van der Waals surface area contributed by atoms with E-state index in [9.17, 15) is 19.2 Å². The first-order valence-electron chi connectivity index (χ1n) is 11.1. The van der Waals surface area contributed by atoms with E-state index in [2.05, 4.69) is 13.2 Å². The van der Waals surface area contributed by atoms with Gasteiger partial charge in [0.2, 0.25) is 0 Å². The van der Waals surface area contributed by atoms with Crippen molar-refractivity contribution in [2.75, 3.05) is 6.61 Å². The Morgan fingerprint density at radius 1 is 0.649 bits per heavy atom. The lowest BCUT2D eigenvalue weighted by Crippen LogP contribution is -2.52. The number of rotatable bonds is 11. The van der Waals surface area contributed by atoms with Gasteiger partial charge in [0, 0.05) is 12.0 Å². The highest BCUT2D eigenvalue weighted by atomic mass is 16.6. The van der Waals surface area contributed by atoms with Gasteiger partial charge < -0.3 is 18.9 Å². The average molecular weight is 501 g/mol. The summed E-state index contributed by atoms with van der Waals surface area (Å²) in [4.78, 5) is 53.2. The largest absolute Gasteiger partial charge is 0.460 e. The van der Waals surface area contributed by atoms with Crippen molar-refractivity contribution in [3.8, 4) is 17.2 Å². The smallest absolute Gasteiger partial charge is 0.340 e. The third-order valence-electron chi connectivity index (χ3n) is 5.01. The third-order valence-corrected chi connectivity index (χ3v) is 5.01. The fourth-order valence-electron chi connectivity index (χ4n) is 3.15. The summed E-state index contributed by atoms with van der Waals surface area (Å²) in [6.07, 6.45) is 0.429. The summed E-state index contributed by atoms with van der Waals surface area (Å²) in [5.41, 5.74) is -3.11. The SMILES string of the molecule is C=CCOC(=O)C(CC(=C)C(=O)Oc1ccccc1)(C(=O)Oc1ccccc1)C(=O)Oc1ccccc1. The number of para-hydroxylation sites is 3. The van der Waals surface area contributed by atoms with Crippen LogP contribution in [0.25, 0.3) is 0 Å². The maximum absolute atomic E-state index is 13.5. The zero-order valence-electron chi connectivity index (χ0n) is 19.8. The molecular weight excluding hydrogens is 476 g/mol. The van der Waals surface area contributed by atoms with Gasteiger partial charge in [-0.1, -0.05) is 73.8 Å². The molecule has 8 nitrogen and oxygen atoms in total. The van der Waals surface area contributed by atoms with Crippen LogP contribution < -0.4 is 14.2 Å². The molecule has 0 heterocycles. The molecule has 8 heteroatoms. The Morgan fingerprint density at radius 2 is 1.05 bits per heavy atom. The van der Waals surface area contributed by atoms with Crippen LogP contribution in [0, 0.1) is 5.41 Å². The summed E-state index contributed by atoms with van der Waals surface area (Å²) in [6, 6.07) is 23.7. The molecule has 3 aromatic rings. The van der Waals surface area contributed by atoms with Crippen LogP contribution in [0.3, 0.4) is 0 Å². The number of esters is 4. The van der Waals surface area contributed by atoms with E-state index in [1.165, 1.54) is 42.5 Å². The second-order valence-corrected chi connectivity index (χ2v) is 7.68. The maximum Gasteiger partial charge on any atom is 0.340 e. The van der Waals surface area contributed by atoms with Crippen LogP contribution in [0.1, 0.15) is 6.42 Å². The molecule has 0 amide bonds. The molecule has 0 fully saturated rings. The van der Waals surface area contributed by atoms with Crippen molar-refractivity contribution in [1.82, 2.24) is 0 Å². The van der Waals surface area contributed by atoms with Gasteiger partial charge in [0.15, 0.2) is 0 Å². The fourth-order valence-corrected chi connectivity index (χ4v) is 3.15. The number of hydrogen-bond acceptors (Lipinski definition) is 8. The molecule has 0 aliphatic rings. The van der Waals surface area contributed by atoms with Gasteiger partial charge in [0.05, 0.1) is 0 Å². The van der Waals surface area contributed by atoms with Crippen molar-refractivity contribution in [2.24, 2.45) is 5.41 Å². The lowest BCUT2D eigenvalue weighted by molar-refractivity contribution is -0.175. The minimum Gasteiger partial charge on any atom is -0.460 e. The lowest BCUT2D eigenvalue weighted by atomic mass is 9.81. The molecular formula is C29H24O8.